The molecule has 0 bridgehead atoms. The molecule has 1 aromatic carbocycles. The van der Waals surface area contributed by atoms with Gasteiger partial charge in [0.2, 0.25) is 0 Å². The minimum absolute atomic E-state index is 0.304. The maximum atomic E-state index is 12.9. The predicted molar refractivity (Wildman–Crippen MR) is 54.6 cm³/mol. The fraction of sp³-hybridized carbons (Fsp3) is 0.100. The molecule has 2 nitrogen and oxygen atoms in total. The van der Waals surface area contributed by atoms with Crippen molar-refractivity contribution in [3.05, 3.63) is 40.8 Å². The van der Waals surface area contributed by atoms with Crippen molar-refractivity contribution in [2.75, 3.05) is 0 Å². The van der Waals surface area contributed by atoms with Gasteiger partial charge in [-0.15, -0.1) is 0 Å². The Kier molecular flexibility index (Phi) is 2.35. The van der Waals surface area contributed by atoms with Crippen LogP contribution in [0.4, 0.5) is 4.39 Å². The molecule has 1 aromatic heterocycles. The first-order chi connectivity index (χ1) is 6.72. The molecule has 72 valence electrons. The molecule has 0 radical (unpaired) electrons. The second-order valence-electron chi connectivity index (χ2n) is 2.96. The van der Waals surface area contributed by atoms with Crippen molar-refractivity contribution in [2.45, 2.75) is 6.54 Å². The summed E-state index contributed by atoms with van der Waals surface area (Å²) in [6, 6.07) is 4.31. The van der Waals surface area contributed by atoms with Crippen LogP contribution in [-0.2, 0) is 6.54 Å². The molecular weight excluding hydrogens is 203 g/mol. The lowest BCUT2D eigenvalue weighted by Crippen LogP contribution is -1.98. The van der Waals surface area contributed by atoms with Crippen LogP contribution >= 0.6 is 11.6 Å². The molecule has 0 aliphatic rings. The number of hydrogen-bond acceptors (Lipinski definition) is 2. The normalized spacial score (nSPS) is 10.8. The van der Waals surface area contributed by atoms with E-state index in [0.29, 0.717) is 22.5 Å². The maximum absolute atomic E-state index is 12.9. The van der Waals surface area contributed by atoms with Crippen LogP contribution in [0, 0.1) is 5.82 Å². The van der Waals surface area contributed by atoms with E-state index < -0.39 is 0 Å². The molecule has 0 fully saturated rings. The lowest BCUT2D eigenvalue weighted by molar-refractivity contribution is 0.629. The average Bonchev–Trinajstić information content (AvgIpc) is 2.20. The predicted octanol–water partition coefficient (Wildman–Crippen LogP) is 2.49. The highest BCUT2D eigenvalue weighted by Gasteiger charge is 2.05. The first kappa shape index (κ1) is 9.37. The molecule has 1 heterocycles. The van der Waals surface area contributed by atoms with Crippen molar-refractivity contribution in [1.82, 2.24) is 4.98 Å². The molecule has 0 spiro atoms. The first-order valence-corrected chi connectivity index (χ1v) is 4.53. The molecule has 4 heteroatoms. The van der Waals surface area contributed by atoms with Crippen LogP contribution in [0.2, 0.25) is 5.02 Å². The highest BCUT2D eigenvalue weighted by molar-refractivity contribution is 6.36. The van der Waals surface area contributed by atoms with Gasteiger partial charge in [0.25, 0.3) is 0 Å². The van der Waals surface area contributed by atoms with Gasteiger partial charge >= 0.3 is 0 Å². The van der Waals surface area contributed by atoms with Crippen LogP contribution in [0.25, 0.3) is 10.9 Å². The van der Waals surface area contributed by atoms with E-state index in [4.69, 9.17) is 17.3 Å². The van der Waals surface area contributed by atoms with Crippen LogP contribution in [0.15, 0.2) is 24.4 Å². The molecule has 0 aliphatic heterocycles. The van der Waals surface area contributed by atoms with E-state index in [9.17, 15) is 4.39 Å². The zero-order chi connectivity index (χ0) is 10.1. The van der Waals surface area contributed by atoms with Crippen molar-refractivity contribution >= 4 is 22.5 Å². The van der Waals surface area contributed by atoms with Gasteiger partial charge in [-0.2, -0.15) is 0 Å². The monoisotopic (exact) mass is 210 g/mol. The Morgan fingerprint density at radius 2 is 2.21 bits per heavy atom. The number of hydrogen-bond donors (Lipinski definition) is 1. The van der Waals surface area contributed by atoms with E-state index in [-0.39, 0.29) is 5.82 Å². The van der Waals surface area contributed by atoms with Gasteiger partial charge in [0, 0.05) is 23.7 Å². The largest absolute Gasteiger partial charge is 0.326 e. The van der Waals surface area contributed by atoms with Crippen molar-refractivity contribution in [1.29, 1.82) is 0 Å². The van der Waals surface area contributed by atoms with E-state index >= 15 is 0 Å². The summed E-state index contributed by atoms with van der Waals surface area (Å²) < 4.78 is 12.9. The van der Waals surface area contributed by atoms with Gasteiger partial charge < -0.3 is 5.73 Å². The highest BCUT2D eigenvalue weighted by Crippen LogP contribution is 2.25. The highest BCUT2D eigenvalue weighted by atomic mass is 35.5. The van der Waals surface area contributed by atoms with Gasteiger partial charge in [-0.05, 0) is 18.2 Å². The van der Waals surface area contributed by atoms with Crippen LogP contribution in [0.5, 0.6) is 0 Å². The van der Waals surface area contributed by atoms with Crippen LogP contribution in [0.1, 0.15) is 5.56 Å². The van der Waals surface area contributed by atoms with Crippen molar-refractivity contribution < 1.29 is 4.39 Å². The minimum atomic E-state index is -0.324. The Morgan fingerprint density at radius 3 is 2.93 bits per heavy atom. The van der Waals surface area contributed by atoms with Crippen molar-refractivity contribution in [3.8, 4) is 0 Å². The van der Waals surface area contributed by atoms with Crippen molar-refractivity contribution in [3.63, 3.8) is 0 Å². The lowest BCUT2D eigenvalue weighted by atomic mass is 10.1. The minimum Gasteiger partial charge on any atom is -0.326 e. The Hall–Kier alpha value is -1.19. The number of nitrogens with zero attached hydrogens (tertiary/aromatic N) is 1. The topological polar surface area (TPSA) is 38.9 Å². The summed E-state index contributed by atoms with van der Waals surface area (Å²) >= 11 is 6.03. The lowest BCUT2D eigenvalue weighted by Gasteiger charge is -2.04. The summed E-state index contributed by atoms with van der Waals surface area (Å²) in [6.45, 7) is 0.304. The molecular formula is C10H8ClFN2. The zero-order valence-corrected chi connectivity index (χ0v) is 8.05. The SMILES string of the molecule is NCc1cnc2ccc(F)cc2c1Cl. The number of nitrogens with two attached hydrogens (primary N) is 1. The Balaban J connectivity index is 2.79. The first-order valence-electron chi connectivity index (χ1n) is 4.15. The molecule has 2 aromatic rings. The molecule has 0 saturated heterocycles. The average molecular weight is 211 g/mol. The molecule has 2 rings (SSSR count). The van der Waals surface area contributed by atoms with Gasteiger partial charge in [-0.1, -0.05) is 11.6 Å². The molecule has 14 heavy (non-hydrogen) atoms. The molecule has 2 N–H and O–H groups in total. The number of benzene rings is 1. The van der Waals surface area contributed by atoms with E-state index in [2.05, 4.69) is 4.98 Å². The summed E-state index contributed by atoms with van der Waals surface area (Å²) in [6.07, 6.45) is 1.61. The fourth-order valence-electron chi connectivity index (χ4n) is 1.32. The summed E-state index contributed by atoms with van der Waals surface area (Å²) in [4.78, 5) is 4.12. The van der Waals surface area contributed by atoms with Gasteiger partial charge in [-0.25, -0.2) is 4.39 Å². The third-order valence-corrected chi connectivity index (χ3v) is 2.50. The van der Waals surface area contributed by atoms with Gasteiger partial charge in [0.15, 0.2) is 0 Å². The molecule has 0 amide bonds. The van der Waals surface area contributed by atoms with E-state index in [1.165, 1.54) is 12.1 Å². The number of halogens is 2. The summed E-state index contributed by atoms with van der Waals surface area (Å²) in [5.41, 5.74) is 6.86. The van der Waals surface area contributed by atoms with E-state index in [1.54, 1.807) is 12.3 Å². The Labute approximate surface area is 85.5 Å². The molecule has 0 unspecified atom stereocenters. The summed E-state index contributed by atoms with van der Waals surface area (Å²) in [5.74, 6) is -0.324. The van der Waals surface area contributed by atoms with E-state index in [1.807, 2.05) is 0 Å². The Bertz CT molecular complexity index is 485. The quantitative estimate of drug-likeness (QED) is 0.786. The van der Waals surface area contributed by atoms with Crippen LogP contribution in [0.3, 0.4) is 0 Å². The standard InChI is InChI=1S/C10H8ClFN2/c11-10-6(4-13)5-14-9-2-1-7(12)3-8(9)10/h1-3,5H,4,13H2. The molecule has 0 aliphatic carbocycles. The second-order valence-corrected chi connectivity index (χ2v) is 3.34. The number of fused-ring (bicyclic) bond motifs is 1. The number of pyridine rings is 1. The second kappa shape index (κ2) is 3.52. The van der Waals surface area contributed by atoms with Crippen LogP contribution in [-0.4, -0.2) is 4.98 Å². The molecule has 0 saturated carbocycles. The zero-order valence-electron chi connectivity index (χ0n) is 7.30. The maximum Gasteiger partial charge on any atom is 0.124 e. The van der Waals surface area contributed by atoms with Gasteiger partial charge in [0.1, 0.15) is 5.82 Å². The summed E-state index contributed by atoms with van der Waals surface area (Å²) in [7, 11) is 0. The smallest absolute Gasteiger partial charge is 0.124 e. The number of rotatable bonds is 1. The van der Waals surface area contributed by atoms with Gasteiger partial charge in [0.05, 0.1) is 10.5 Å². The molecule has 0 atom stereocenters. The fourth-order valence-corrected chi connectivity index (χ4v) is 1.59. The van der Waals surface area contributed by atoms with E-state index in [0.717, 1.165) is 5.56 Å². The third kappa shape index (κ3) is 1.45. The third-order valence-electron chi connectivity index (χ3n) is 2.06. The van der Waals surface area contributed by atoms with Crippen LogP contribution < -0.4 is 5.73 Å². The van der Waals surface area contributed by atoms with Gasteiger partial charge in [-0.3, -0.25) is 4.98 Å². The summed E-state index contributed by atoms with van der Waals surface area (Å²) in [5, 5.41) is 1.09. The number of aromatic nitrogens is 1. The Morgan fingerprint density at radius 1 is 1.43 bits per heavy atom. The van der Waals surface area contributed by atoms with Crippen molar-refractivity contribution in [2.24, 2.45) is 5.73 Å².